The number of nitrogens with two attached hydrogens (primary N) is 1. The number of nitrogen functional groups attached to an aromatic ring is 1. The van der Waals surface area contributed by atoms with Crippen molar-refractivity contribution in [2.75, 3.05) is 18.8 Å². The number of nitrogens with zero attached hydrogens (tertiary/aromatic N) is 4. The SMILES string of the molecule is Nc1ncc(-c2ccncn2)nc1C1CCNC1. The molecule has 6 nitrogen and oxygen atoms in total. The minimum absolute atomic E-state index is 0.347. The van der Waals surface area contributed by atoms with Gasteiger partial charge in [-0.2, -0.15) is 0 Å². The van der Waals surface area contributed by atoms with Crippen LogP contribution in [0, 0.1) is 0 Å². The van der Waals surface area contributed by atoms with E-state index in [1.54, 1.807) is 12.4 Å². The Morgan fingerprint density at radius 3 is 2.94 bits per heavy atom. The zero-order valence-electron chi connectivity index (χ0n) is 9.87. The molecule has 3 N–H and O–H groups in total. The van der Waals surface area contributed by atoms with Gasteiger partial charge in [-0.3, -0.25) is 0 Å². The Labute approximate surface area is 105 Å². The molecule has 0 spiro atoms. The molecule has 0 aromatic carbocycles. The van der Waals surface area contributed by atoms with E-state index in [0.29, 0.717) is 11.7 Å². The molecule has 1 aliphatic heterocycles. The van der Waals surface area contributed by atoms with Gasteiger partial charge in [-0.1, -0.05) is 0 Å². The fourth-order valence-corrected chi connectivity index (χ4v) is 2.17. The van der Waals surface area contributed by atoms with Crippen LogP contribution in [-0.2, 0) is 0 Å². The topological polar surface area (TPSA) is 89.6 Å². The van der Waals surface area contributed by atoms with Gasteiger partial charge in [-0.25, -0.2) is 19.9 Å². The second-order valence-corrected chi connectivity index (χ2v) is 4.31. The first-order valence-electron chi connectivity index (χ1n) is 5.94. The molecule has 3 rings (SSSR count). The lowest BCUT2D eigenvalue weighted by Crippen LogP contribution is -2.12. The molecule has 0 radical (unpaired) electrons. The fourth-order valence-electron chi connectivity index (χ4n) is 2.17. The number of rotatable bonds is 2. The molecule has 0 amide bonds. The van der Waals surface area contributed by atoms with Crippen LogP contribution in [0.5, 0.6) is 0 Å². The van der Waals surface area contributed by atoms with Gasteiger partial charge in [0.05, 0.1) is 17.6 Å². The van der Waals surface area contributed by atoms with Crippen LogP contribution in [0.3, 0.4) is 0 Å². The van der Waals surface area contributed by atoms with Gasteiger partial charge in [0, 0.05) is 18.7 Å². The van der Waals surface area contributed by atoms with E-state index in [9.17, 15) is 0 Å². The summed E-state index contributed by atoms with van der Waals surface area (Å²) in [6.45, 7) is 1.91. The molecule has 1 fully saturated rings. The molecule has 0 bridgehead atoms. The number of anilines is 1. The van der Waals surface area contributed by atoms with Gasteiger partial charge in [0.2, 0.25) is 0 Å². The largest absolute Gasteiger partial charge is 0.382 e. The first-order chi connectivity index (χ1) is 8.84. The Morgan fingerprint density at radius 2 is 2.22 bits per heavy atom. The molecule has 0 aliphatic carbocycles. The highest BCUT2D eigenvalue weighted by molar-refractivity contribution is 5.54. The summed E-state index contributed by atoms with van der Waals surface area (Å²) >= 11 is 0. The standard InChI is InChI=1S/C12H14N6/c13-12-11(8-1-3-14-5-8)18-10(6-16-12)9-2-4-15-7-17-9/h2,4,6-8,14H,1,3,5H2,(H2,13,16). The minimum atomic E-state index is 0.347. The minimum Gasteiger partial charge on any atom is -0.382 e. The third-order valence-corrected chi connectivity index (χ3v) is 3.12. The van der Waals surface area contributed by atoms with Crippen molar-refractivity contribution in [3.63, 3.8) is 0 Å². The first-order valence-corrected chi connectivity index (χ1v) is 5.94. The quantitative estimate of drug-likeness (QED) is 0.801. The Bertz CT molecular complexity index is 536. The maximum Gasteiger partial charge on any atom is 0.145 e. The van der Waals surface area contributed by atoms with Crippen molar-refractivity contribution in [3.8, 4) is 11.4 Å². The Morgan fingerprint density at radius 1 is 1.28 bits per heavy atom. The molecular weight excluding hydrogens is 228 g/mol. The number of nitrogens with one attached hydrogen (secondary N) is 1. The average molecular weight is 242 g/mol. The van der Waals surface area contributed by atoms with Crippen LogP contribution in [0.4, 0.5) is 5.82 Å². The van der Waals surface area contributed by atoms with E-state index in [1.165, 1.54) is 6.33 Å². The maximum atomic E-state index is 5.91. The molecular formula is C12H14N6. The summed E-state index contributed by atoms with van der Waals surface area (Å²) in [5.41, 5.74) is 8.30. The molecule has 3 heterocycles. The molecule has 92 valence electrons. The lowest BCUT2D eigenvalue weighted by Gasteiger charge is -2.11. The van der Waals surface area contributed by atoms with E-state index in [2.05, 4.69) is 25.3 Å². The summed E-state index contributed by atoms with van der Waals surface area (Å²) in [5.74, 6) is 0.862. The second-order valence-electron chi connectivity index (χ2n) is 4.31. The van der Waals surface area contributed by atoms with Gasteiger partial charge in [0.15, 0.2) is 0 Å². The van der Waals surface area contributed by atoms with Crippen molar-refractivity contribution in [2.24, 2.45) is 0 Å². The molecule has 18 heavy (non-hydrogen) atoms. The summed E-state index contributed by atoms with van der Waals surface area (Å²) < 4.78 is 0. The van der Waals surface area contributed by atoms with Gasteiger partial charge in [-0.15, -0.1) is 0 Å². The predicted octanol–water partition coefficient (Wildman–Crippen LogP) is 0.593. The van der Waals surface area contributed by atoms with Gasteiger partial charge >= 0.3 is 0 Å². The van der Waals surface area contributed by atoms with Gasteiger partial charge in [-0.05, 0) is 19.0 Å². The summed E-state index contributed by atoms with van der Waals surface area (Å²) in [6.07, 6.45) is 5.90. The van der Waals surface area contributed by atoms with Crippen molar-refractivity contribution in [3.05, 3.63) is 30.5 Å². The molecule has 1 atom stereocenters. The third kappa shape index (κ3) is 2.02. The lowest BCUT2D eigenvalue weighted by molar-refractivity contribution is 0.733. The van der Waals surface area contributed by atoms with Crippen LogP contribution in [-0.4, -0.2) is 33.0 Å². The van der Waals surface area contributed by atoms with Gasteiger partial charge < -0.3 is 11.1 Å². The number of hydrogen-bond acceptors (Lipinski definition) is 6. The van der Waals surface area contributed by atoms with E-state index < -0.39 is 0 Å². The highest BCUT2D eigenvalue weighted by Gasteiger charge is 2.21. The fraction of sp³-hybridized carbons (Fsp3) is 0.333. The van der Waals surface area contributed by atoms with Crippen molar-refractivity contribution in [2.45, 2.75) is 12.3 Å². The monoisotopic (exact) mass is 242 g/mol. The predicted molar refractivity (Wildman–Crippen MR) is 67.7 cm³/mol. The van der Waals surface area contributed by atoms with E-state index in [0.717, 1.165) is 36.6 Å². The molecule has 0 saturated carbocycles. The lowest BCUT2D eigenvalue weighted by atomic mass is 10.0. The van der Waals surface area contributed by atoms with Crippen LogP contribution in [0.25, 0.3) is 11.4 Å². The molecule has 1 saturated heterocycles. The second kappa shape index (κ2) is 4.66. The zero-order valence-corrected chi connectivity index (χ0v) is 9.87. The van der Waals surface area contributed by atoms with Gasteiger partial charge in [0.1, 0.15) is 17.8 Å². The Balaban J connectivity index is 2.00. The Kier molecular flexibility index (Phi) is 2.85. The van der Waals surface area contributed by atoms with Crippen molar-refractivity contribution in [1.82, 2.24) is 25.3 Å². The highest BCUT2D eigenvalue weighted by atomic mass is 15.0. The van der Waals surface area contributed by atoms with Crippen molar-refractivity contribution in [1.29, 1.82) is 0 Å². The molecule has 2 aromatic rings. The summed E-state index contributed by atoms with van der Waals surface area (Å²) in [5, 5.41) is 3.31. The first kappa shape index (κ1) is 11.0. The highest BCUT2D eigenvalue weighted by Crippen LogP contribution is 2.26. The molecule has 2 aromatic heterocycles. The molecule has 1 unspecified atom stereocenters. The molecule has 6 heteroatoms. The van der Waals surface area contributed by atoms with Crippen LogP contribution < -0.4 is 11.1 Å². The smallest absolute Gasteiger partial charge is 0.145 e. The number of hydrogen-bond donors (Lipinski definition) is 2. The Hall–Kier alpha value is -2.08. The van der Waals surface area contributed by atoms with Crippen LogP contribution in [0.1, 0.15) is 18.0 Å². The maximum absolute atomic E-state index is 5.91. The third-order valence-electron chi connectivity index (χ3n) is 3.12. The average Bonchev–Trinajstić information content (AvgIpc) is 2.94. The van der Waals surface area contributed by atoms with E-state index in [-0.39, 0.29) is 0 Å². The van der Waals surface area contributed by atoms with Crippen LogP contribution >= 0.6 is 0 Å². The van der Waals surface area contributed by atoms with E-state index >= 15 is 0 Å². The number of aromatic nitrogens is 4. The summed E-state index contributed by atoms with van der Waals surface area (Å²) in [7, 11) is 0. The van der Waals surface area contributed by atoms with Crippen LogP contribution in [0.15, 0.2) is 24.8 Å². The summed E-state index contributed by atoms with van der Waals surface area (Å²) in [4.78, 5) is 16.9. The van der Waals surface area contributed by atoms with E-state index in [1.807, 2.05) is 6.07 Å². The van der Waals surface area contributed by atoms with Crippen molar-refractivity contribution < 1.29 is 0 Å². The normalized spacial score (nSPS) is 19.0. The summed E-state index contributed by atoms with van der Waals surface area (Å²) in [6, 6.07) is 1.82. The zero-order chi connectivity index (χ0) is 12.4. The van der Waals surface area contributed by atoms with E-state index in [4.69, 9.17) is 5.73 Å². The van der Waals surface area contributed by atoms with Crippen LogP contribution in [0.2, 0.25) is 0 Å². The molecule has 1 aliphatic rings. The van der Waals surface area contributed by atoms with Crippen molar-refractivity contribution >= 4 is 5.82 Å². The van der Waals surface area contributed by atoms with Gasteiger partial charge in [0.25, 0.3) is 0 Å².